The predicted octanol–water partition coefficient (Wildman–Crippen LogP) is 6.34. The molecule has 3 rings (SSSR count). The van der Waals surface area contributed by atoms with Crippen LogP contribution in [-0.4, -0.2) is 47.7 Å². The molecule has 208 valence electrons. The molecule has 2 aromatic heterocycles. The Bertz CT molecular complexity index is 1240. The maximum Gasteiger partial charge on any atom is 0.396 e. The van der Waals surface area contributed by atoms with Crippen LogP contribution < -0.4 is 10.6 Å². The lowest BCUT2D eigenvalue weighted by Gasteiger charge is -2.33. The Morgan fingerprint density at radius 1 is 1.32 bits per heavy atom. The van der Waals surface area contributed by atoms with E-state index < -0.39 is 35.8 Å². The first kappa shape index (κ1) is 29.5. The van der Waals surface area contributed by atoms with Gasteiger partial charge in [0.1, 0.15) is 11.3 Å². The second-order valence-corrected chi connectivity index (χ2v) is 10.3. The third-order valence-electron chi connectivity index (χ3n) is 7.07. The number of anilines is 1. The van der Waals surface area contributed by atoms with Crippen LogP contribution in [-0.2, 0) is 9.53 Å². The lowest BCUT2D eigenvalue weighted by atomic mass is 9.78. The van der Waals surface area contributed by atoms with E-state index in [1.165, 1.54) is 13.2 Å². The van der Waals surface area contributed by atoms with Crippen molar-refractivity contribution >= 4 is 40.2 Å². The van der Waals surface area contributed by atoms with Crippen LogP contribution in [0.5, 0.6) is 0 Å². The number of fused-ring (bicyclic) bond motifs is 1. The summed E-state index contributed by atoms with van der Waals surface area (Å²) in [6.07, 6.45) is -0.501. The van der Waals surface area contributed by atoms with Crippen LogP contribution in [0.15, 0.2) is 40.6 Å². The molecule has 1 amide bonds. The summed E-state index contributed by atoms with van der Waals surface area (Å²) in [5.74, 6) is -3.89. The van der Waals surface area contributed by atoms with E-state index in [9.17, 15) is 22.8 Å². The highest BCUT2D eigenvalue weighted by molar-refractivity contribution is 6.30. The average Bonchev–Trinajstić information content (AvgIpc) is 3.28. The Kier molecular flexibility index (Phi) is 9.51. The molecular weight excluding hydrogens is 521 g/mol. The van der Waals surface area contributed by atoms with Crippen LogP contribution in [0, 0.1) is 17.8 Å². The quantitative estimate of drug-likeness (QED) is 0.248. The molecular formula is C27H34ClF3N4O3. The van der Waals surface area contributed by atoms with E-state index in [0.29, 0.717) is 24.3 Å². The van der Waals surface area contributed by atoms with Gasteiger partial charge in [0.2, 0.25) is 5.91 Å². The Balaban J connectivity index is 1.65. The van der Waals surface area contributed by atoms with Crippen molar-refractivity contribution in [3.63, 3.8) is 0 Å². The lowest BCUT2D eigenvalue weighted by Crippen LogP contribution is -2.43. The molecule has 11 heteroatoms. The number of carbonyl (C=O) groups excluding carboxylic acids is 2. The third-order valence-corrected chi connectivity index (χ3v) is 7.46. The Labute approximate surface area is 225 Å². The summed E-state index contributed by atoms with van der Waals surface area (Å²) < 4.78 is 44.9. The molecule has 0 fully saturated rings. The first-order valence-corrected chi connectivity index (χ1v) is 12.9. The zero-order valence-corrected chi connectivity index (χ0v) is 22.9. The normalized spacial score (nSPS) is 21.4. The number of esters is 1. The van der Waals surface area contributed by atoms with Gasteiger partial charge in [0.15, 0.2) is 0 Å². The van der Waals surface area contributed by atoms with E-state index in [1.807, 2.05) is 26.8 Å². The minimum atomic E-state index is -4.49. The van der Waals surface area contributed by atoms with Crippen LogP contribution in [0.1, 0.15) is 57.4 Å². The first-order valence-electron chi connectivity index (χ1n) is 12.6. The van der Waals surface area contributed by atoms with Gasteiger partial charge in [-0.15, -0.1) is 0 Å². The van der Waals surface area contributed by atoms with Gasteiger partial charge in [-0.2, -0.15) is 13.2 Å². The Morgan fingerprint density at radius 3 is 2.66 bits per heavy atom. The molecule has 0 bridgehead atoms. The number of hydrogen-bond acceptors (Lipinski definition) is 5. The molecule has 3 N–H and O–H groups in total. The van der Waals surface area contributed by atoms with Gasteiger partial charge in [0, 0.05) is 28.9 Å². The molecule has 0 radical (unpaired) electrons. The van der Waals surface area contributed by atoms with Crippen molar-refractivity contribution in [3.05, 3.63) is 46.3 Å². The van der Waals surface area contributed by atoms with Crippen molar-refractivity contribution in [3.8, 4) is 0 Å². The molecule has 0 aromatic carbocycles. The number of hydrogen-bond donors (Lipinski definition) is 3. The van der Waals surface area contributed by atoms with E-state index in [4.69, 9.17) is 16.3 Å². The molecule has 4 atom stereocenters. The fourth-order valence-corrected chi connectivity index (χ4v) is 5.07. The molecule has 4 unspecified atom stereocenters. The highest BCUT2D eigenvalue weighted by Crippen LogP contribution is 2.44. The first-order chi connectivity index (χ1) is 17.8. The molecule has 7 nitrogen and oxygen atoms in total. The smallest absolute Gasteiger partial charge is 0.396 e. The SMILES string of the molecule is CCC(C)=C(CNc1cnc2[nH]c(C(=O)OC)cc2c1)CC(C)NC(=O)C1CC(C(F)(F)F)C(Cl)=CC1C. The fraction of sp³-hybridized carbons (Fsp3) is 0.519. The summed E-state index contributed by atoms with van der Waals surface area (Å²) in [7, 11) is 1.31. The van der Waals surface area contributed by atoms with Gasteiger partial charge in [-0.25, -0.2) is 9.78 Å². The molecule has 2 aromatic rings. The van der Waals surface area contributed by atoms with E-state index in [2.05, 4.69) is 20.6 Å². The molecule has 1 aliphatic carbocycles. The number of alkyl halides is 3. The molecule has 0 saturated carbocycles. The van der Waals surface area contributed by atoms with E-state index in [1.54, 1.807) is 19.2 Å². The maximum atomic E-state index is 13.4. The second kappa shape index (κ2) is 12.2. The van der Waals surface area contributed by atoms with Gasteiger partial charge in [-0.1, -0.05) is 42.7 Å². The van der Waals surface area contributed by atoms with E-state index >= 15 is 0 Å². The van der Waals surface area contributed by atoms with Gasteiger partial charge >= 0.3 is 12.1 Å². The lowest BCUT2D eigenvalue weighted by molar-refractivity contribution is -0.170. The number of nitrogens with zero attached hydrogens (tertiary/aromatic N) is 1. The fourth-order valence-electron chi connectivity index (χ4n) is 4.66. The Morgan fingerprint density at radius 2 is 2.03 bits per heavy atom. The van der Waals surface area contributed by atoms with Crippen LogP contribution in [0.3, 0.4) is 0 Å². The van der Waals surface area contributed by atoms with Crippen molar-refractivity contribution in [2.45, 2.75) is 59.2 Å². The van der Waals surface area contributed by atoms with Crippen LogP contribution in [0.2, 0.25) is 0 Å². The number of halogens is 4. The molecule has 0 saturated heterocycles. The Hall–Kier alpha value is -3.01. The van der Waals surface area contributed by atoms with Crippen LogP contribution in [0.4, 0.5) is 18.9 Å². The van der Waals surface area contributed by atoms with Crippen molar-refractivity contribution in [1.82, 2.24) is 15.3 Å². The summed E-state index contributed by atoms with van der Waals surface area (Å²) in [5, 5.41) is 6.77. The average molecular weight is 555 g/mol. The zero-order chi connectivity index (χ0) is 28.2. The van der Waals surface area contributed by atoms with Gasteiger partial charge in [0.25, 0.3) is 0 Å². The standard InChI is InChI=1S/C27H34ClF3N4O3/c1-6-14(2)18(12-32-19-9-17-10-23(26(37)38-5)35-24(17)33-13-19)8-16(4)34-25(36)20-11-21(27(29,30)31)22(28)7-15(20)3/h7,9-10,13,15-16,20-21,32H,6,8,11-12H2,1-5H3,(H,33,35)(H,34,36). The predicted molar refractivity (Wildman–Crippen MR) is 142 cm³/mol. The summed E-state index contributed by atoms with van der Waals surface area (Å²) >= 11 is 5.87. The number of aromatic amines is 1. The summed E-state index contributed by atoms with van der Waals surface area (Å²) in [4.78, 5) is 32.0. The number of carbonyl (C=O) groups is 2. The van der Waals surface area contributed by atoms with Crippen molar-refractivity contribution < 1.29 is 27.5 Å². The minimum Gasteiger partial charge on any atom is -0.464 e. The topological polar surface area (TPSA) is 96.1 Å². The molecule has 2 heterocycles. The summed E-state index contributed by atoms with van der Waals surface area (Å²) in [6, 6.07) is 3.25. The second-order valence-electron chi connectivity index (χ2n) is 9.89. The highest BCUT2D eigenvalue weighted by Gasteiger charge is 2.47. The molecule has 38 heavy (non-hydrogen) atoms. The van der Waals surface area contributed by atoms with Crippen molar-refractivity contribution in [1.29, 1.82) is 0 Å². The van der Waals surface area contributed by atoms with Gasteiger partial charge in [-0.3, -0.25) is 4.79 Å². The van der Waals surface area contributed by atoms with Gasteiger partial charge in [0.05, 0.1) is 24.9 Å². The van der Waals surface area contributed by atoms with Gasteiger partial charge < -0.3 is 20.4 Å². The molecule has 0 aliphatic heterocycles. The van der Waals surface area contributed by atoms with E-state index in [0.717, 1.165) is 28.6 Å². The number of amides is 1. The third kappa shape index (κ3) is 7.09. The van der Waals surface area contributed by atoms with Gasteiger partial charge in [-0.05, 0) is 51.2 Å². The van der Waals surface area contributed by atoms with Crippen molar-refractivity contribution in [2.24, 2.45) is 17.8 Å². The number of pyridine rings is 1. The van der Waals surface area contributed by atoms with Crippen LogP contribution >= 0.6 is 11.6 Å². The zero-order valence-electron chi connectivity index (χ0n) is 22.1. The number of nitrogens with one attached hydrogen (secondary N) is 3. The number of rotatable bonds is 9. The monoisotopic (exact) mass is 554 g/mol. The van der Waals surface area contributed by atoms with E-state index in [-0.39, 0.29) is 17.5 Å². The number of methoxy groups -OCH3 is 1. The highest BCUT2D eigenvalue weighted by atomic mass is 35.5. The largest absolute Gasteiger partial charge is 0.464 e. The summed E-state index contributed by atoms with van der Waals surface area (Å²) in [6.45, 7) is 8.11. The molecule has 1 aliphatic rings. The molecule has 0 spiro atoms. The van der Waals surface area contributed by atoms with Crippen LogP contribution in [0.25, 0.3) is 11.0 Å². The maximum absolute atomic E-state index is 13.4. The number of allylic oxidation sites excluding steroid dienone is 3. The summed E-state index contributed by atoms with van der Waals surface area (Å²) in [5.41, 5.74) is 3.86. The number of ether oxygens (including phenoxy) is 1. The number of H-pyrrole nitrogens is 1. The minimum absolute atomic E-state index is 0.245. The number of aromatic nitrogens is 2. The van der Waals surface area contributed by atoms with Crippen molar-refractivity contribution in [2.75, 3.05) is 19.0 Å².